The summed E-state index contributed by atoms with van der Waals surface area (Å²) in [6.45, 7) is 0. The lowest BCUT2D eigenvalue weighted by molar-refractivity contribution is -0.123. The molecule has 70 valence electrons. The Bertz CT molecular complexity index is 411. The molecule has 1 aliphatic heterocycles. The Morgan fingerprint density at radius 3 is 2.36 bits per heavy atom. The maximum absolute atomic E-state index is 11.2. The summed E-state index contributed by atoms with van der Waals surface area (Å²) >= 11 is 1.29. The molecule has 0 atom stereocenters. The third kappa shape index (κ3) is 1.85. The van der Waals surface area contributed by atoms with Gasteiger partial charge in [0.05, 0.1) is 4.91 Å². The van der Waals surface area contributed by atoms with Crippen LogP contribution >= 0.6 is 11.8 Å². The lowest BCUT2D eigenvalue weighted by atomic mass is 10.4. The van der Waals surface area contributed by atoms with Crippen molar-refractivity contribution in [3.63, 3.8) is 0 Å². The first-order valence-corrected chi connectivity index (χ1v) is 4.87. The van der Waals surface area contributed by atoms with E-state index in [2.05, 4.69) is 5.32 Å². The van der Waals surface area contributed by atoms with E-state index in [0.29, 0.717) is 4.91 Å². The Labute approximate surface area is 85.2 Å². The largest absolute Gasteiger partial charge is 0.288 e. The van der Waals surface area contributed by atoms with Crippen molar-refractivity contribution in [3.8, 4) is 0 Å². The summed E-state index contributed by atoms with van der Waals surface area (Å²) in [5.41, 5.74) is 0. The van der Waals surface area contributed by atoms with E-state index in [1.807, 2.05) is 30.3 Å². The van der Waals surface area contributed by atoms with Crippen molar-refractivity contribution in [2.75, 3.05) is 0 Å². The molecular weight excluding hydrogens is 198 g/mol. The fourth-order valence-electron chi connectivity index (χ4n) is 1.09. The molecule has 2 amide bonds. The van der Waals surface area contributed by atoms with Crippen LogP contribution in [0.3, 0.4) is 0 Å². The molecule has 0 spiro atoms. The molecule has 0 bridgehead atoms. The molecule has 1 aromatic rings. The number of benzene rings is 1. The summed E-state index contributed by atoms with van der Waals surface area (Å²) in [4.78, 5) is 23.4. The van der Waals surface area contributed by atoms with Crippen LogP contribution in [0.25, 0.3) is 0 Å². The minimum Gasteiger partial charge on any atom is -0.288 e. The fourth-order valence-corrected chi connectivity index (χ4v) is 1.94. The van der Waals surface area contributed by atoms with Gasteiger partial charge in [0, 0.05) is 11.0 Å². The van der Waals surface area contributed by atoms with Crippen LogP contribution in [0.15, 0.2) is 46.2 Å². The first-order chi connectivity index (χ1) is 6.75. The van der Waals surface area contributed by atoms with E-state index < -0.39 is 0 Å². The zero-order valence-electron chi connectivity index (χ0n) is 7.19. The lowest BCUT2D eigenvalue weighted by Gasteiger charge is -1.98. The molecule has 0 aromatic heterocycles. The molecule has 0 saturated heterocycles. The van der Waals surface area contributed by atoms with Crippen LogP contribution in [-0.4, -0.2) is 11.8 Å². The van der Waals surface area contributed by atoms with Crippen molar-refractivity contribution in [1.29, 1.82) is 0 Å². The predicted molar refractivity (Wildman–Crippen MR) is 53.5 cm³/mol. The van der Waals surface area contributed by atoms with Crippen LogP contribution in [-0.2, 0) is 9.59 Å². The number of carbonyl (C=O) groups excluding carboxylic acids is 2. The highest BCUT2D eigenvalue weighted by molar-refractivity contribution is 8.04. The third-order valence-electron chi connectivity index (χ3n) is 1.69. The number of nitrogens with one attached hydrogen (secondary N) is 1. The summed E-state index contributed by atoms with van der Waals surface area (Å²) in [6.07, 6.45) is 1.32. The normalized spacial score (nSPS) is 15.3. The quantitative estimate of drug-likeness (QED) is 0.741. The lowest BCUT2D eigenvalue weighted by Crippen LogP contribution is -2.21. The van der Waals surface area contributed by atoms with Crippen LogP contribution in [0.5, 0.6) is 0 Å². The van der Waals surface area contributed by atoms with Gasteiger partial charge >= 0.3 is 0 Å². The molecule has 1 aromatic carbocycles. The van der Waals surface area contributed by atoms with Crippen molar-refractivity contribution >= 4 is 23.6 Å². The Balaban J connectivity index is 2.16. The van der Waals surface area contributed by atoms with Gasteiger partial charge in [-0.25, -0.2) is 0 Å². The van der Waals surface area contributed by atoms with E-state index >= 15 is 0 Å². The molecule has 0 unspecified atom stereocenters. The van der Waals surface area contributed by atoms with E-state index in [1.165, 1.54) is 17.8 Å². The van der Waals surface area contributed by atoms with Crippen LogP contribution in [0.2, 0.25) is 0 Å². The van der Waals surface area contributed by atoms with E-state index in [0.717, 1.165) is 4.90 Å². The van der Waals surface area contributed by atoms with Gasteiger partial charge < -0.3 is 0 Å². The fraction of sp³-hybridized carbons (Fsp3) is 0. The zero-order chi connectivity index (χ0) is 9.97. The SMILES string of the molecule is O=C1C=C(Sc2ccccc2)C(=O)N1. The minimum atomic E-state index is -0.339. The van der Waals surface area contributed by atoms with Gasteiger partial charge in [0.15, 0.2) is 0 Å². The monoisotopic (exact) mass is 205 g/mol. The molecule has 0 aliphatic carbocycles. The molecule has 4 heteroatoms. The van der Waals surface area contributed by atoms with Gasteiger partial charge in [-0.3, -0.25) is 14.9 Å². The van der Waals surface area contributed by atoms with Gasteiger partial charge in [-0.05, 0) is 12.1 Å². The molecular formula is C10H7NO2S. The number of amides is 2. The summed E-state index contributed by atoms with van der Waals surface area (Å²) in [6, 6.07) is 9.45. The van der Waals surface area contributed by atoms with Gasteiger partial charge in [0.1, 0.15) is 0 Å². The van der Waals surface area contributed by atoms with Crippen molar-refractivity contribution in [1.82, 2.24) is 5.32 Å². The average Bonchev–Trinajstić information content (AvgIpc) is 2.47. The minimum absolute atomic E-state index is 0.316. The van der Waals surface area contributed by atoms with Gasteiger partial charge in [-0.2, -0.15) is 0 Å². The second kappa shape index (κ2) is 3.67. The van der Waals surface area contributed by atoms with E-state index in [9.17, 15) is 9.59 Å². The van der Waals surface area contributed by atoms with Gasteiger partial charge in [0.25, 0.3) is 11.8 Å². The Kier molecular flexibility index (Phi) is 2.37. The number of hydrogen-bond acceptors (Lipinski definition) is 3. The van der Waals surface area contributed by atoms with E-state index in [4.69, 9.17) is 0 Å². The number of hydrogen-bond donors (Lipinski definition) is 1. The number of rotatable bonds is 2. The summed E-state index contributed by atoms with van der Waals surface area (Å²) < 4.78 is 0. The van der Waals surface area contributed by atoms with Crippen molar-refractivity contribution in [2.45, 2.75) is 4.90 Å². The molecule has 1 heterocycles. The highest BCUT2D eigenvalue weighted by Gasteiger charge is 2.21. The maximum Gasteiger partial charge on any atom is 0.265 e. The first-order valence-electron chi connectivity index (χ1n) is 4.05. The van der Waals surface area contributed by atoms with E-state index in [1.54, 1.807) is 0 Å². The number of carbonyl (C=O) groups is 2. The second-order valence-electron chi connectivity index (χ2n) is 2.74. The van der Waals surface area contributed by atoms with Crippen LogP contribution < -0.4 is 5.32 Å². The smallest absolute Gasteiger partial charge is 0.265 e. The summed E-state index contributed by atoms with van der Waals surface area (Å²) in [7, 11) is 0. The summed E-state index contributed by atoms with van der Waals surface area (Å²) in [5, 5.41) is 2.20. The Morgan fingerprint density at radius 2 is 1.79 bits per heavy atom. The van der Waals surface area contributed by atoms with Gasteiger partial charge in [0.2, 0.25) is 0 Å². The second-order valence-corrected chi connectivity index (χ2v) is 3.86. The Hall–Kier alpha value is -1.55. The predicted octanol–water partition coefficient (Wildman–Crippen LogP) is 1.32. The number of imide groups is 1. The zero-order valence-corrected chi connectivity index (χ0v) is 8.01. The van der Waals surface area contributed by atoms with Crippen molar-refractivity contribution in [2.24, 2.45) is 0 Å². The molecule has 1 N–H and O–H groups in total. The highest BCUT2D eigenvalue weighted by atomic mass is 32.2. The molecule has 1 aliphatic rings. The molecule has 2 rings (SSSR count). The first kappa shape index (κ1) is 9.02. The third-order valence-corrected chi connectivity index (χ3v) is 2.72. The van der Waals surface area contributed by atoms with E-state index in [-0.39, 0.29) is 11.8 Å². The van der Waals surface area contributed by atoms with Gasteiger partial charge in [-0.15, -0.1) is 0 Å². The maximum atomic E-state index is 11.2. The molecule has 0 radical (unpaired) electrons. The standard InChI is InChI=1S/C10H7NO2S/c12-9-6-8(10(13)11-9)14-7-4-2-1-3-5-7/h1-6H,(H,11,12,13). The molecule has 14 heavy (non-hydrogen) atoms. The number of thioether (sulfide) groups is 1. The average molecular weight is 205 g/mol. The van der Waals surface area contributed by atoms with Crippen LogP contribution in [0.1, 0.15) is 0 Å². The van der Waals surface area contributed by atoms with Crippen molar-refractivity contribution < 1.29 is 9.59 Å². The Morgan fingerprint density at radius 1 is 1.07 bits per heavy atom. The molecule has 3 nitrogen and oxygen atoms in total. The van der Waals surface area contributed by atoms with Crippen molar-refractivity contribution in [3.05, 3.63) is 41.3 Å². The summed E-state index contributed by atoms with van der Waals surface area (Å²) in [5.74, 6) is -0.655. The van der Waals surface area contributed by atoms with Gasteiger partial charge in [-0.1, -0.05) is 30.0 Å². The molecule has 0 saturated carbocycles. The van der Waals surface area contributed by atoms with Crippen LogP contribution in [0.4, 0.5) is 0 Å². The van der Waals surface area contributed by atoms with Crippen LogP contribution in [0, 0.1) is 0 Å². The molecule has 0 fully saturated rings. The topological polar surface area (TPSA) is 46.2 Å². The highest BCUT2D eigenvalue weighted by Crippen LogP contribution is 2.27.